The summed E-state index contributed by atoms with van der Waals surface area (Å²) in [6.07, 6.45) is 3.11. The van der Waals surface area contributed by atoms with Crippen LogP contribution in [-0.2, 0) is 21.2 Å². The number of pyridine rings is 1. The Morgan fingerprint density at radius 2 is 1.84 bits per heavy atom. The molecule has 4 rings (SSSR count). The number of rotatable bonds is 10. The van der Waals surface area contributed by atoms with Crippen molar-refractivity contribution < 1.29 is 17.6 Å². The Morgan fingerprint density at radius 1 is 1.16 bits per heavy atom. The largest absolute Gasteiger partial charge is 0.323 e. The van der Waals surface area contributed by atoms with Crippen LogP contribution in [0.4, 0.5) is 10.1 Å². The first kappa shape index (κ1) is 27.2. The third-order valence-electron chi connectivity index (χ3n) is 6.67. The molecule has 1 saturated heterocycles. The van der Waals surface area contributed by atoms with Gasteiger partial charge in [-0.1, -0.05) is 55.8 Å². The number of sulfonamides is 1. The zero-order valence-electron chi connectivity index (χ0n) is 20.6. The normalized spacial score (nSPS) is 18.9. The predicted molar refractivity (Wildman–Crippen MR) is 142 cm³/mol. The summed E-state index contributed by atoms with van der Waals surface area (Å²) >= 11 is 6.01. The number of carbonyl (C=O) groups is 1. The molecule has 2 unspecified atom stereocenters. The van der Waals surface area contributed by atoms with Gasteiger partial charge in [0.15, 0.2) is 0 Å². The van der Waals surface area contributed by atoms with Crippen LogP contribution in [-0.4, -0.2) is 42.2 Å². The van der Waals surface area contributed by atoms with Gasteiger partial charge < -0.3 is 11.1 Å². The highest BCUT2D eigenvalue weighted by Gasteiger charge is 2.44. The second-order valence-electron chi connectivity index (χ2n) is 9.56. The number of carbonyl (C=O) groups excluding carboxylic acids is 1. The summed E-state index contributed by atoms with van der Waals surface area (Å²) in [4.78, 5) is 17.3. The van der Waals surface area contributed by atoms with E-state index in [1.54, 1.807) is 42.5 Å². The van der Waals surface area contributed by atoms with Crippen molar-refractivity contribution in [1.29, 1.82) is 0 Å². The second kappa shape index (κ2) is 11.3. The van der Waals surface area contributed by atoms with Gasteiger partial charge in [0.2, 0.25) is 15.9 Å². The van der Waals surface area contributed by atoms with Crippen LogP contribution in [0.25, 0.3) is 0 Å². The van der Waals surface area contributed by atoms with E-state index >= 15 is 0 Å². The number of nitrogens with one attached hydrogen (secondary N) is 1. The van der Waals surface area contributed by atoms with Crippen LogP contribution >= 0.6 is 11.6 Å². The van der Waals surface area contributed by atoms with E-state index in [-0.39, 0.29) is 40.4 Å². The summed E-state index contributed by atoms with van der Waals surface area (Å²) in [6, 6.07) is 14.3. The van der Waals surface area contributed by atoms with Gasteiger partial charge in [0.1, 0.15) is 5.82 Å². The van der Waals surface area contributed by atoms with Gasteiger partial charge in [-0.05, 0) is 48.6 Å². The van der Waals surface area contributed by atoms with Gasteiger partial charge in [-0.3, -0.25) is 9.78 Å². The van der Waals surface area contributed by atoms with Crippen molar-refractivity contribution in [3.63, 3.8) is 0 Å². The summed E-state index contributed by atoms with van der Waals surface area (Å²) in [5, 5.41) is 3.34. The maximum Gasteiger partial charge on any atom is 0.243 e. The fourth-order valence-corrected chi connectivity index (χ4v) is 6.39. The zero-order chi connectivity index (χ0) is 26.7. The lowest BCUT2D eigenvalue weighted by molar-refractivity contribution is -0.118. The number of aromatic nitrogens is 1. The fraction of sp³-hybridized carbons (Fsp3) is 0.333. The molecule has 3 aromatic rings. The van der Waals surface area contributed by atoms with Crippen LogP contribution in [0.3, 0.4) is 0 Å². The lowest BCUT2D eigenvalue weighted by atomic mass is 9.82. The quantitative estimate of drug-likeness (QED) is 0.363. The van der Waals surface area contributed by atoms with Crippen molar-refractivity contribution in [2.24, 2.45) is 11.7 Å². The number of benzene rings is 2. The predicted octanol–water partition coefficient (Wildman–Crippen LogP) is 4.59. The first-order valence-electron chi connectivity index (χ1n) is 12.1. The van der Waals surface area contributed by atoms with Crippen molar-refractivity contribution >= 4 is 33.2 Å². The topological polar surface area (TPSA) is 105 Å². The third-order valence-corrected chi connectivity index (χ3v) is 8.85. The molecule has 0 aliphatic carbocycles. The van der Waals surface area contributed by atoms with Crippen molar-refractivity contribution in [2.75, 3.05) is 11.9 Å². The standard InChI is InChI=1S/C27H30ClFN4O3S/c1-17(2)25(18-8-10-19(28)11-9-18)26(30)27(34)32-24-15-31-14-23(29)22(24)13-12-20-16-33(20)37(35,36)21-6-4-3-5-7-21/h3-11,14-15,17,20,25-26H,12-13,16,30H2,1-2H3,(H,32,34)/t20-,25?,26-,33?/m0/s1. The Morgan fingerprint density at radius 3 is 2.49 bits per heavy atom. The molecule has 10 heteroatoms. The lowest BCUT2D eigenvalue weighted by Crippen LogP contribution is -2.42. The van der Waals surface area contributed by atoms with Gasteiger partial charge in [-0.25, -0.2) is 12.8 Å². The molecule has 0 radical (unpaired) electrons. The minimum Gasteiger partial charge on any atom is -0.323 e. The first-order chi connectivity index (χ1) is 17.6. The molecule has 2 aromatic carbocycles. The second-order valence-corrected chi connectivity index (χ2v) is 11.9. The summed E-state index contributed by atoms with van der Waals surface area (Å²) in [5.74, 6) is -1.26. The average Bonchev–Trinajstić information content (AvgIpc) is 3.66. The highest BCUT2D eigenvalue weighted by molar-refractivity contribution is 7.89. The van der Waals surface area contributed by atoms with Gasteiger partial charge >= 0.3 is 0 Å². The summed E-state index contributed by atoms with van der Waals surface area (Å²) in [5.41, 5.74) is 7.78. The van der Waals surface area contributed by atoms with E-state index in [1.165, 1.54) is 10.5 Å². The molecule has 0 spiro atoms. The molecule has 4 atom stereocenters. The molecule has 37 heavy (non-hydrogen) atoms. The molecule has 1 aliphatic heterocycles. The molecule has 2 heterocycles. The Hall–Kier alpha value is -2.85. The SMILES string of the molecule is CC(C)C(c1ccc(Cl)cc1)[C@H](N)C(=O)Nc1cncc(F)c1CC[C@H]1CN1S(=O)(=O)c1ccccc1. The van der Waals surface area contributed by atoms with E-state index < -0.39 is 27.8 Å². The van der Waals surface area contributed by atoms with E-state index in [4.69, 9.17) is 17.3 Å². The molecule has 7 nitrogen and oxygen atoms in total. The highest BCUT2D eigenvalue weighted by Crippen LogP contribution is 2.33. The van der Waals surface area contributed by atoms with E-state index in [9.17, 15) is 17.6 Å². The van der Waals surface area contributed by atoms with Crippen LogP contribution in [0.1, 0.15) is 37.3 Å². The van der Waals surface area contributed by atoms with E-state index in [1.807, 2.05) is 26.0 Å². The Kier molecular flexibility index (Phi) is 8.28. The molecule has 0 bridgehead atoms. The molecule has 196 valence electrons. The number of amides is 1. The Bertz CT molecular complexity index is 1350. The van der Waals surface area contributed by atoms with Gasteiger partial charge in [0.25, 0.3) is 0 Å². The van der Waals surface area contributed by atoms with Crippen molar-refractivity contribution in [3.05, 3.63) is 89.0 Å². The highest BCUT2D eigenvalue weighted by atomic mass is 35.5. The molecule has 1 aliphatic rings. The number of halogens is 2. The van der Waals surface area contributed by atoms with Crippen molar-refractivity contribution in [2.45, 2.75) is 49.6 Å². The van der Waals surface area contributed by atoms with Crippen molar-refractivity contribution in [1.82, 2.24) is 9.29 Å². The number of nitrogens with two attached hydrogens (primary N) is 1. The van der Waals surface area contributed by atoms with Gasteiger partial charge in [0.05, 0.1) is 29.0 Å². The summed E-state index contributed by atoms with van der Waals surface area (Å²) in [6.45, 7) is 4.33. The maximum absolute atomic E-state index is 14.8. The van der Waals surface area contributed by atoms with Gasteiger partial charge in [-0.2, -0.15) is 4.31 Å². The molecule has 0 saturated carbocycles. The summed E-state index contributed by atoms with van der Waals surface area (Å²) in [7, 11) is -3.58. The van der Waals surface area contributed by atoms with Gasteiger partial charge in [0, 0.05) is 29.1 Å². The Balaban J connectivity index is 1.45. The molecule has 1 amide bonds. The number of hydrogen-bond donors (Lipinski definition) is 2. The smallest absolute Gasteiger partial charge is 0.243 e. The minimum absolute atomic E-state index is 0.0550. The number of hydrogen-bond acceptors (Lipinski definition) is 5. The summed E-state index contributed by atoms with van der Waals surface area (Å²) < 4.78 is 41.7. The van der Waals surface area contributed by atoms with Crippen LogP contribution < -0.4 is 11.1 Å². The lowest BCUT2D eigenvalue weighted by Gasteiger charge is -2.27. The number of anilines is 1. The van der Waals surface area contributed by atoms with E-state index in [0.29, 0.717) is 18.0 Å². The average molecular weight is 545 g/mol. The molecular weight excluding hydrogens is 515 g/mol. The van der Waals surface area contributed by atoms with Crippen LogP contribution in [0.2, 0.25) is 5.02 Å². The van der Waals surface area contributed by atoms with E-state index in [2.05, 4.69) is 10.3 Å². The zero-order valence-corrected chi connectivity index (χ0v) is 22.2. The molecular formula is C27H30ClFN4O3S. The molecule has 3 N–H and O–H groups in total. The van der Waals surface area contributed by atoms with E-state index in [0.717, 1.165) is 11.8 Å². The monoisotopic (exact) mass is 544 g/mol. The van der Waals surface area contributed by atoms with Crippen LogP contribution in [0.5, 0.6) is 0 Å². The van der Waals surface area contributed by atoms with Crippen molar-refractivity contribution in [3.8, 4) is 0 Å². The third kappa shape index (κ3) is 6.18. The van der Waals surface area contributed by atoms with Crippen LogP contribution in [0.15, 0.2) is 71.9 Å². The maximum atomic E-state index is 14.8. The minimum atomic E-state index is -3.58. The first-order valence-corrected chi connectivity index (χ1v) is 13.9. The van der Waals surface area contributed by atoms with Gasteiger partial charge in [-0.15, -0.1) is 0 Å². The fourth-order valence-electron chi connectivity index (χ4n) is 4.62. The number of nitrogens with zero attached hydrogens (tertiary/aromatic N) is 2. The Labute approximate surface area is 221 Å². The molecule has 1 fully saturated rings. The van der Waals surface area contributed by atoms with Crippen LogP contribution in [0, 0.1) is 11.7 Å². The molecule has 1 aromatic heterocycles.